The van der Waals surface area contributed by atoms with Crippen LogP contribution in [0.1, 0.15) is 31.6 Å². The molecule has 0 radical (unpaired) electrons. The Balaban J connectivity index is 1.99. The summed E-state index contributed by atoms with van der Waals surface area (Å²) in [5, 5.41) is 14.8. The monoisotopic (exact) mass is 266 g/mol. The zero-order valence-electron chi connectivity index (χ0n) is 12.3. The summed E-state index contributed by atoms with van der Waals surface area (Å²) in [6.45, 7) is 6.20. The molecule has 1 aliphatic rings. The molecule has 5 heteroatoms. The molecule has 0 aliphatic carbocycles. The van der Waals surface area contributed by atoms with E-state index in [0.29, 0.717) is 6.04 Å². The minimum atomic E-state index is -0.423. The number of likely N-dealkylation sites (N-methyl/N-ethyl adjacent to an activating group) is 2. The molecule has 19 heavy (non-hydrogen) atoms. The molecule has 0 aromatic carbocycles. The first kappa shape index (κ1) is 14.5. The largest absolute Gasteiger partial charge is 0.387 e. The molecule has 2 rings (SSSR count). The van der Waals surface area contributed by atoms with Crippen molar-refractivity contribution >= 4 is 0 Å². The third-order valence-electron chi connectivity index (χ3n) is 4.00. The smallest absolute Gasteiger partial charge is 0.0972 e. The Labute approximate surface area is 115 Å². The summed E-state index contributed by atoms with van der Waals surface area (Å²) in [5.74, 6) is 0. The van der Waals surface area contributed by atoms with Gasteiger partial charge in [0.05, 0.1) is 11.8 Å². The van der Waals surface area contributed by atoms with E-state index in [1.54, 1.807) is 6.20 Å². The van der Waals surface area contributed by atoms with Crippen molar-refractivity contribution in [1.82, 2.24) is 19.6 Å². The summed E-state index contributed by atoms with van der Waals surface area (Å²) >= 11 is 0. The molecule has 2 unspecified atom stereocenters. The average Bonchev–Trinajstić information content (AvgIpc) is 2.82. The standard InChI is InChI=1S/C14H26N4O/c1-4-7-18-13(5-6-15-18)14(19)10-12-11-16(2)8-9-17(12)3/h5-6,12,14,19H,4,7-11H2,1-3H3. The highest BCUT2D eigenvalue weighted by molar-refractivity contribution is 5.05. The van der Waals surface area contributed by atoms with Crippen LogP contribution >= 0.6 is 0 Å². The van der Waals surface area contributed by atoms with E-state index < -0.39 is 6.10 Å². The van der Waals surface area contributed by atoms with Crippen LogP contribution in [0.2, 0.25) is 0 Å². The molecular formula is C14H26N4O. The number of aliphatic hydroxyl groups excluding tert-OH is 1. The van der Waals surface area contributed by atoms with Gasteiger partial charge in [-0.25, -0.2) is 0 Å². The lowest BCUT2D eigenvalue weighted by Gasteiger charge is -2.38. The van der Waals surface area contributed by atoms with Crippen molar-refractivity contribution in [2.45, 2.75) is 38.5 Å². The summed E-state index contributed by atoms with van der Waals surface area (Å²) in [6, 6.07) is 2.35. The number of aromatic nitrogens is 2. The van der Waals surface area contributed by atoms with E-state index in [0.717, 1.165) is 44.7 Å². The molecular weight excluding hydrogens is 240 g/mol. The molecule has 0 bridgehead atoms. The quantitative estimate of drug-likeness (QED) is 0.862. The molecule has 1 aromatic heterocycles. The van der Waals surface area contributed by atoms with Crippen LogP contribution in [0, 0.1) is 0 Å². The summed E-state index contributed by atoms with van der Waals surface area (Å²) in [5.41, 5.74) is 0.948. The molecule has 1 fully saturated rings. The summed E-state index contributed by atoms with van der Waals surface area (Å²) in [4.78, 5) is 4.68. The zero-order valence-corrected chi connectivity index (χ0v) is 12.3. The van der Waals surface area contributed by atoms with Gasteiger partial charge in [0.1, 0.15) is 0 Å². The molecule has 1 saturated heterocycles. The minimum Gasteiger partial charge on any atom is -0.387 e. The van der Waals surface area contributed by atoms with E-state index in [-0.39, 0.29) is 0 Å². The maximum absolute atomic E-state index is 10.5. The third-order valence-corrected chi connectivity index (χ3v) is 4.00. The van der Waals surface area contributed by atoms with Crippen LogP contribution in [0.3, 0.4) is 0 Å². The summed E-state index contributed by atoms with van der Waals surface area (Å²) < 4.78 is 1.93. The van der Waals surface area contributed by atoms with Gasteiger partial charge in [0.2, 0.25) is 0 Å². The fourth-order valence-electron chi connectivity index (χ4n) is 2.76. The predicted molar refractivity (Wildman–Crippen MR) is 76.0 cm³/mol. The fourth-order valence-corrected chi connectivity index (χ4v) is 2.76. The van der Waals surface area contributed by atoms with Crippen LogP contribution in [-0.4, -0.2) is 64.5 Å². The lowest BCUT2D eigenvalue weighted by molar-refractivity contribution is 0.0600. The number of hydrogen-bond acceptors (Lipinski definition) is 4. The van der Waals surface area contributed by atoms with Crippen LogP contribution < -0.4 is 0 Å². The Bertz CT molecular complexity index is 393. The van der Waals surface area contributed by atoms with Crippen LogP contribution in [0.15, 0.2) is 12.3 Å². The van der Waals surface area contributed by atoms with Crippen molar-refractivity contribution in [3.63, 3.8) is 0 Å². The second-order valence-corrected chi connectivity index (χ2v) is 5.63. The van der Waals surface area contributed by atoms with Gasteiger partial charge in [0.15, 0.2) is 0 Å². The summed E-state index contributed by atoms with van der Waals surface area (Å²) in [6.07, 6.45) is 3.17. The van der Waals surface area contributed by atoms with Crippen LogP contribution in [0.5, 0.6) is 0 Å². The molecule has 0 spiro atoms. The van der Waals surface area contributed by atoms with Gasteiger partial charge in [-0.1, -0.05) is 6.92 Å². The number of aryl methyl sites for hydroxylation is 1. The van der Waals surface area contributed by atoms with Gasteiger partial charge < -0.3 is 14.9 Å². The molecule has 2 atom stereocenters. The van der Waals surface area contributed by atoms with E-state index >= 15 is 0 Å². The van der Waals surface area contributed by atoms with Crippen molar-refractivity contribution in [3.8, 4) is 0 Å². The maximum Gasteiger partial charge on any atom is 0.0972 e. The first-order valence-electron chi connectivity index (χ1n) is 7.20. The fraction of sp³-hybridized carbons (Fsp3) is 0.786. The number of hydrogen-bond donors (Lipinski definition) is 1. The van der Waals surface area contributed by atoms with Crippen molar-refractivity contribution in [1.29, 1.82) is 0 Å². The SMILES string of the molecule is CCCn1nccc1C(O)CC1CN(C)CCN1C. The van der Waals surface area contributed by atoms with Crippen LogP contribution in [-0.2, 0) is 6.54 Å². The van der Waals surface area contributed by atoms with Crippen molar-refractivity contribution in [2.24, 2.45) is 0 Å². The van der Waals surface area contributed by atoms with Gasteiger partial charge in [-0.15, -0.1) is 0 Å². The van der Waals surface area contributed by atoms with Gasteiger partial charge in [-0.2, -0.15) is 5.10 Å². The van der Waals surface area contributed by atoms with Gasteiger partial charge >= 0.3 is 0 Å². The minimum absolute atomic E-state index is 0.415. The predicted octanol–water partition coefficient (Wildman–Crippen LogP) is 0.962. The van der Waals surface area contributed by atoms with Crippen LogP contribution in [0.25, 0.3) is 0 Å². The number of nitrogens with zero attached hydrogens (tertiary/aromatic N) is 4. The zero-order chi connectivity index (χ0) is 13.8. The Morgan fingerprint density at radius 3 is 2.95 bits per heavy atom. The third kappa shape index (κ3) is 3.55. The number of rotatable bonds is 5. The Morgan fingerprint density at radius 1 is 1.42 bits per heavy atom. The van der Waals surface area contributed by atoms with E-state index in [2.05, 4.69) is 35.9 Å². The Morgan fingerprint density at radius 2 is 2.21 bits per heavy atom. The van der Waals surface area contributed by atoms with Gasteiger partial charge in [-0.3, -0.25) is 4.68 Å². The van der Waals surface area contributed by atoms with Gasteiger partial charge in [0, 0.05) is 38.4 Å². The maximum atomic E-state index is 10.5. The second-order valence-electron chi connectivity index (χ2n) is 5.63. The van der Waals surface area contributed by atoms with Crippen LogP contribution in [0.4, 0.5) is 0 Å². The van der Waals surface area contributed by atoms with Crippen molar-refractivity contribution < 1.29 is 5.11 Å². The molecule has 1 aromatic rings. The van der Waals surface area contributed by atoms with Gasteiger partial charge in [-0.05, 0) is 33.0 Å². The van der Waals surface area contributed by atoms with Crippen molar-refractivity contribution in [2.75, 3.05) is 33.7 Å². The topological polar surface area (TPSA) is 44.5 Å². The summed E-state index contributed by atoms with van der Waals surface area (Å²) in [7, 11) is 4.29. The molecule has 2 heterocycles. The van der Waals surface area contributed by atoms with E-state index in [9.17, 15) is 5.11 Å². The van der Waals surface area contributed by atoms with E-state index in [1.807, 2.05) is 10.7 Å². The highest BCUT2D eigenvalue weighted by Gasteiger charge is 2.26. The number of piperazine rings is 1. The average molecular weight is 266 g/mol. The molecule has 5 nitrogen and oxygen atoms in total. The lowest BCUT2D eigenvalue weighted by atomic mass is 10.0. The molecule has 1 aliphatic heterocycles. The Kier molecular flexibility index (Phi) is 4.96. The highest BCUT2D eigenvalue weighted by atomic mass is 16.3. The number of aliphatic hydroxyl groups is 1. The molecule has 0 saturated carbocycles. The Hall–Kier alpha value is -0.910. The first-order chi connectivity index (χ1) is 9.11. The van der Waals surface area contributed by atoms with E-state index in [1.165, 1.54) is 0 Å². The molecule has 1 N–H and O–H groups in total. The highest BCUT2D eigenvalue weighted by Crippen LogP contribution is 2.22. The normalized spacial score (nSPS) is 23.7. The van der Waals surface area contributed by atoms with Gasteiger partial charge in [0.25, 0.3) is 0 Å². The van der Waals surface area contributed by atoms with Crippen molar-refractivity contribution in [3.05, 3.63) is 18.0 Å². The lowest BCUT2D eigenvalue weighted by Crippen LogP contribution is -2.50. The second kappa shape index (κ2) is 6.50. The molecule has 108 valence electrons. The first-order valence-corrected chi connectivity index (χ1v) is 7.20. The molecule has 0 amide bonds. The van der Waals surface area contributed by atoms with E-state index in [4.69, 9.17) is 0 Å².